The SMILES string of the molecule is Cc1c(Br)cccc1-c1cc(N)on1. The van der Waals surface area contributed by atoms with Crippen LogP contribution in [0.3, 0.4) is 0 Å². The van der Waals surface area contributed by atoms with Crippen molar-refractivity contribution in [1.82, 2.24) is 5.16 Å². The highest BCUT2D eigenvalue weighted by Gasteiger charge is 2.08. The molecule has 14 heavy (non-hydrogen) atoms. The molecule has 3 nitrogen and oxygen atoms in total. The number of nitrogens with zero attached hydrogens (tertiary/aromatic N) is 1. The van der Waals surface area contributed by atoms with Gasteiger partial charge >= 0.3 is 0 Å². The maximum absolute atomic E-state index is 5.46. The highest BCUT2D eigenvalue weighted by Crippen LogP contribution is 2.28. The number of nitrogens with two attached hydrogens (primary N) is 1. The molecule has 0 aliphatic heterocycles. The first-order valence-electron chi connectivity index (χ1n) is 4.16. The van der Waals surface area contributed by atoms with E-state index < -0.39 is 0 Å². The molecule has 0 aliphatic rings. The molecule has 2 N–H and O–H groups in total. The molecule has 0 radical (unpaired) electrons. The van der Waals surface area contributed by atoms with E-state index in [0.717, 1.165) is 21.3 Å². The molecule has 1 aromatic carbocycles. The van der Waals surface area contributed by atoms with Crippen LogP contribution in [0.1, 0.15) is 5.56 Å². The Bertz CT molecular complexity index is 465. The number of anilines is 1. The number of nitrogen functional groups attached to an aromatic ring is 1. The lowest BCUT2D eigenvalue weighted by atomic mass is 10.1. The van der Waals surface area contributed by atoms with Gasteiger partial charge in [-0.1, -0.05) is 33.2 Å². The predicted molar refractivity (Wildman–Crippen MR) is 58.8 cm³/mol. The van der Waals surface area contributed by atoms with Gasteiger partial charge in [0.15, 0.2) is 0 Å². The lowest BCUT2D eigenvalue weighted by Gasteiger charge is -2.02. The summed E-state index contributed by atoms with van der Waals surface area (Å²) in [6, 6.07) is 7.64. The summed E-state index contributed by atoms with van der Waals surface area (Å²) in [6.45, 7) is 2.02. The Morgan fingerprint density at radius 1 is 1.43 bits per heavy atom. The molecule has 1 aromatic heterocycles. The summed E-state index contributed by atoms with van der Waals surface area (Å²) in [5.41, 5.74) is 8.38. The molecule has 0 unspecified atom stereocenters. The smallest absolute Gasteiger partial charge is 0.222 e. The number of halogens is 1. The Hall–Kier alpha value is -1.29. The normalized spacial score (nSPS) is 10.4. The van der Waals surface area contributed by atoms with Gasteiger partial charge in [0.05, 0.1) is 0 Å². The molecule has 0 bridgehead atoms. The lowest BCUT2D eigenvalue weighted by Crippen LogP contribution is -1.84. The van der Waals surface area contributed by atoms with Gasteiger partial charge in [0.2, 0.25) is 5.88 Å². The van der Waals surface area contributed by atoms with Crippen LogP contribution in [0.4, 0.5) is 5.88 Å². The third-order valence-corrected chi connectivity index (χ3v) is 2.93. The van der Waals surface area contributed by atoms with Crippen molar-refractivity contribution < 1.29 is 4.52 Å². The molecule has 0 aliphatic carbocycles. The van der Waals surface area contributed by atoms with Crippen LogP contribution in [0.2, 0.25) is 0 Å². The largest absolute Gasteiger partial charge is 0.368 e. The molecule has 0 saturated carbocycles. The van der Waals surface area contributed by atoms with E-state index in [4.69, 9.17) is 10.3 Å². The number of hydrogen-bond donors (Lipinski definition) is 1. The van der Waals surface area contributed by atoms with E-state index in [0.29, 0.717) is 5.88 Å². The predicted octanol–water partition coefficient (Wildman–Crippen LogP) is 2.99. The fourth-order valence-corrected chi connectivity index (χ4v) is 1.67. The second kappa shape index (κ2) is 3.46. The molecule has 0 atom stereocenters. The molecular formula is C10H9BrN2O. The molecule has 1 heterocycles. The Kier molecular flexibility index (Phi) is 2.29. The van der Waals surface area contributed by atoms with E-state index in [1.807, 2.05) is 25.1 Å². The first kappa shape index (κ1) is 9.27. The minimum absolute atomic E-state index is 0.333. The molecule has 2 aromatic rings. The monoisotopic (exact) mass is 252 g/mol. The van der Waals surface area contributed by atoms with Crippen LogP contribution in [0.5, 0.6) is 0 Å². The van der Waals surface area contributed by atoms with E-state index in [1.54, 1.807) is 6.07 Å². The van der Waals surface area contributed by atoms with Gasteiger partial charge in [-0.15, -0.1) is 0 Å². The quantitative estimate of drug-likeness (QED) is 0.849. The van der Waals surface area contributed by atoms with Crippen molar-refractivity contribution in [2.45, 2.75) is 6.92 Å². The van der Waals surface area contributed by atoms with Crippen molar-refractivity contribution in [3.05, 3.63) is 34.3 Å². The summed E-state index contributed by atoms with van der Waals surface area (Å²) >= 11 is 3.46. The van der Waals surface area contributed by atoms with E-state index >= 15 is 0 Å². The van der Waals surface area contributed by atoms with Crippen LogP contribution in [-0.2, 0) is 0 Å². The van der Waals surface area contributed by atoms with E-state index in [-0.39, 0.29) is 0 Å². The van der Waals surface area contributed by atoms with Crippen LogP contribution in [0.15, 0.2) is 33.3 Å². The van der Waals surface area contributed by atoms with E-state index in [9.17, 15) is 0 Å². The Morgan fingerprint density at radius 3 is 2.86 bits per heavy atom. The van der Waals surface area contributed by atoms with Crippen LogP contribution in [0.25, 0.3) is 11.3 Å². The fraction of sp³-hybridized carbons (Fsp3) is 0.100. The van der Waals surface area contributed by atoms with Gasteiger partial charge in [0.1, 0.15) is 5.69 Å². The molecule has 4 heteroatoms. The number of hydrogen-bond acceptors (Lipinski definition) is 3. The van der Waals surface area contributed by atoms with E-state index in [1.165, 1.54) is 0 Å². The highest BCUT2D eigenvalue weighted by atomic mass is 79.9. The lowest BCUT2D eigenvalue weighted by molar-refractivity contribution is 0.439. The van der Waals surface area contributed by atoms with Gasteiger partial charge in [-0.05, 0) is 18.6 Å². The van der Waals surface area contributed by atoms with Gasteiger partial charge in [-0.3, -0.25) is 0 Å². The van der Waals surface area contributed by atoms with Crippen molar-refractivity contribution in [1.29, 1.82) is 0 Å². The molecule has 72 valence electrons. The summed E-state index contributed by atoms with van der Waals surface area (Å²) in [6.07, 6.45) is 0. The molecular weight excluding hydrogens is 244 g/mol. The Balaban J connectivity index is 2.57. The Morgan fingerprint density at radius 2 is 2.21 bits per heavy atom. The summed E-state index contributed by atoms with van der Waals surface area (Å²) in [4.78, 5) is 0. The second-order valence-corrected chi connectivity index (χ2v) is 3.88. The first-order valence-corrected chi connectivity index (χ1v) is 4.95. The van der Waals surface area contributed by atoms with Crippen molar-refractivity contribution in [2.24, 2.45) is 0 Å². The zero-order valence-electron chi connectivity index (χ0n) is 7.62. The second-order valence-electron chi connectivity index (χ2n) is 3.03. The van der Waals surface area contributed by atoms with Crippen LogP contribution in [0, 0.1) is 6.92 Å². The van der Waals surface area contributed by atoms with Crippen LogP contribution < -0.4 is 5.73 Å². The van der Waals surface area contributed by atoms with Gasteiger partial charge in [-0.25, -0.2) is 0 Å². The molecule has 0 saturated heterocycles. The molecule has 2 rings (SSSR count). The zero-order chi connectivity index (χ0) is 10.1. The van der Waals surface area contributed by atoms with Crippen molar-refractivity contribution in [2.75, 3.05) is 5.73 Å². The third-order valence-electron chi connectivity index (χ3n) is 2.07. The van der Waals surface area contributed by atoms with Crippen molar-refractivity contribution in [3.8, 4) is 11.3 Å². The number of rotatable bonds is 1. The minimum Gasteiger partial charge on any atom is -0.368 e. The fourth-order valence-electron chi connectivity index (χ4n) is 1.30. The Labute approximate surface area is 90.0 Å². The molecule has 0 spiro atoms. The summed E-state index contributed by atoms with van der Waals surface area (Å²) < 4.78 is 5.88. The van der Waals surface area contributed by atoms with Crippen LogP contribution >= 0.6 is 15.9 Å². The minimum atomic E-state index is 0.333. The summed E-state index contributed by atoms with van der Waals surface area (Å²) in [7, 11) is 0. The standard InChI is InChI=1S/C10H9BrN2O/c1-6-7(3-2-4-8(6)11)9-5-10(12)14-13-9/h2-5H,12H2,1H3. The average Bonchev–Trinajstić information content (AvgIpc) is 2.57. The van der Waals surface area contributed by atoms with Gasteiger partial charge in [0, 0.05) is 16.1 Å². The number of benzene rings is 1. The first-order chi connectivity index (χ1) is 6.68. The zero-order valence-corrected chi connectivity index (χ0v) is 9.21. The molecule has 0 fully saturated rings. The maximum Gasteiger partial charge on any atom is 0.222 e. The summed E-state index contributed by atoms with van der Waals surface area (Å²) in [5.74, 6) is 0.333. The average molecular weight is 253 g/mol. The number of aromatic nitrogens is 1. The van der Waals surface area contributed by atoms with Gasteiger partial charge in [-0.2, -0.15) is 0 Å². The van der Waals surface area contributed by atoms with Crippen molar-refractivity contribution >= 4 is 21.8 Å². The van der Waals surface area contributed by atoms with Crippen molar-refractivity contribution in [3.63, 3.8) is 0 Å². The molecule has 0 amide bonds. The maximum atomic E-state index is 5.46. The topological polar surface area (TPSA) is 52.0 Å². The summed E-state index contributed by atoms with van der Waals surface area (Å²) in [5, 5.41) is 3.87. The van der Waals surface area contributed by atoms with Crippen LogP contribution in [-0.4, -0.2) is 5.16 Å². The van der Waals surface area contributed by atoms with E-state index in [2.05, 4.69) is 21.1 Å². The third kappa shape index (κ3) is 1.53. The van der Waals surface area contributed by atoms with Gasteiger partial charge in [0.25, 0.3) is 0 Å². The highest BCUT2D eigenvalue weighted by molar-refractivity contribution is 9.10. The van der Waals surface area contributed by atoms with Gasteiger partial charge < -0.3 is 10.3 Å².